The minimum atomic E-state index is -1.21. The predicted molar refractivity (Wildman–Crippen MR) is 89.3 cm³/mol. The SMILES string of the molecule is Cc1c(F)c(N2C(N)=NC(N)=NC23CCCCC3)cc([N+](=O)[O-])c1F. The summed E-state index contributed by atoms with van der Waals surface area (Å²) in [7, 11) is 0. The van der Waals surface area contributed by atoms with Crippen molar-refractivity contribution in [3.63, 3.8) is 0 Å². The van der Waals surface area contributed by atoms with Gasteiger partial charge in [-0.15, -0.1) is 0 Å². The topological polar surface area (TPSA) is 123 Å². The van der Waals surface area contributed by atoms with Crippen molar-refractivity contribution >= 4 is 23.3 Å². The lowest BCUT2D eigenvalue weighted by atomic mass is 9.87. The van der Waals surface area contributed by atoms with Gasteiger partial charge in [-0.05, 0) is 32.6 Å². The lowest BCUT2D eigenvalue weighted by Crippen LogP contribution is -2.58. The molecule has 0 saturated heterocycles. The van der Waals surface area contributed by atoms with Crippen molar-refractivity contribution in [3.05, 3.63) is 33.4 Å². The van der Waals surface area contributed by atoms with Crippen LogP contribution in [-0.2, 0) is 0 Å². The van der Waals surface area contributed by atoms with Gasteiger partial charge < -0.3 is 11.5 Å². The third-order valence-corrected chi connectivity index (χ3v) is 4.67. The quantitative estimate of drug-likeness (QED) is 0.624. The number of aliphatic imine (C=N–C) groups is 2. The number of benzene rings is 1. The average molecular weight is 352 g/mol. The summed E-state index contributed by atoms with van der Waals surface area (Å²) in [5, 5.41) is 11.1. The predicted octanol–water partition coefficient (Wildman–Crippen LogP) is 2.29. The van der Waals surface area contributed by atoms with Gasteiger partial charge in [-0.3, -0.25) is 15.0 Å². The van der Waals surface area contributed by atoms with E-state index in [9.17, 15) is 18.9 Å². The monoisotopic (exact) mass is 352 g/mol. The number of guanidine groups is 2. The molecule has 2 aliphatic rings. The van der Waals surface area contributed by atoms with Crippen LogP contribution in [0, 0.1) is 28.7 Å². The van der Waals surface area contributed by atoms with Gasteiger partial charge in [0.05, 0.1) is 10.6 Å². The highest BCUT2D eigenvalue weighted by Crippen LogP contribution is 2.42. The number of nitro groups is 1. The Balaban J connectivity index is 2.23. The molecule has 1 aliphatic carbocycles. The van der Waals surface area contributed by atoms with E-state index < -0.39 is 33.5 Å². The molecule has 1 aliphatic heterocycles. The Hall–Kier alpha value is -2.78. The molecule has 8 nitrogen and oxygen atoms in total. The summed E-state index contributed by atoms with van der Waals surface area (Å²) in [5.74, 6) is -2.28. The first-order valence-electron chi connectivity index (χ1n) is 7.89. The molecular formula is C15H18F2N6O2. The van der Waals surface area contributed by atoms with Gasteiger partial charge in [0, 0.05) is 11.6 Å². The smallest absolute Gasteiger partial charge is 0.307 e. The van der Waals surface area contributed by atoms with E-state index in [1.54, 1.807) is 0 Å². The highest BCUT2D eigenvalue weighted by molar-refractivity contribution is 6.05. The molecule has 3 rings (SSSR count). The molecule has 1 heterocycles. The third kappa shape index (κ3) is 2.67. The molecule has 0 bridgehead atoms. The summed E-state index contributed by atoms with van der Waals surface area (Å²) < 4.78 is 28.8. The first kappa shape index (κ1) is 17.1. The van der Waals surface area contributed by atoms with Crippen LogP contribution < -0.4 is 16.4 Å². The Morgan fingerprint density at radius 3 is 2.48 bits per heavy atom. The van der Waals surface area contributed by atoms with E-state index >= 15 is 0 Å². The molecule has 0 atom stereocenters. The first-order valence-corrected chi connectivity index (χ1v) is 7.89. The van der Waals surface area contributed by atoms with Gasteiger partial charge in [-0.1, -0.05) is 6.42 Å². The zero-order valence-corrected chi connectivity index (χ0v) is 13.6. The Morgan fingerprint density at radius 1 is 1.24 bits per heavy atom. The molecule has 0 aromatic heterocycles. The van der Waals surface area contributed by atoms with E-state index in [-0.39, 0.29) is 17.6 Å². The molecule has 25 heavy (non-hydrogen) atoms. The second kappa shape index (κ2) is 5.94. The van der Waals surface area contributed by atoms with Crippen LogP contribution in [-0.4, -0.2) is 22.5 Å². The first-order chi connectivity index (χ1) is 11.8. The Bertz CT molecular complexity index is 802. The standard InChI is InChI=1S/C15H18F2N6O2/c1-8-11(16)9(7-10(12(8)17)23(24)25)22-14(19)20-13(18)21-15(22)5-3-2-4-6-15/h7H,2-6H2,1H3,(H4,18,19,20,21). The van der Waals surface area contributed by atoms with Crippen molar-refractivity contribution in [2.75, 3.05) is 4.90 Å². The summed E-state index contributed by atoms with van der Waals surface area (Å²) in [6.45, 7) is 1.14. The van der Waals surface area contributed by atoms with Gasteiger partial charge in [0.2, 0.25) is 17.7 Å². The van der Waals surface area contributed by atoms with Gasteiger partial charge in [0.1, 0.15) is 5.66 Å². The molecular weight excluding hydrogens is 334 g/mol. The Kier molecular flexibility index (Phi) is 4.05. The van der Waals surface area contributed by atoms with Crippen LogP contribution in [0.3, 0.4) is 0 Å². The van der Waals surface area contributed by atoms with Crippen molar-refractivity contribution in [2.45, 2.75) is 44.7 Å². The fourth-order valence-electron chi connectivity index (χ4n) is 3.50. The van der Waals surface area contributed by atoms with Crippen molar-refractivity contribution in [3.8, 4) is 0 Å². The fraction of sp³-hybridized carbons (Fsp3) is 0.467. The van der Waals surface area contributed by atoms with Crippen LogP contribution >= 0.6 is 0 Å². The Labute approximate surface area is 142 Å². The lowest BCUT2D eigenvalue weighted by Gasteiger charge is -2.45. The van der Waals surface area contributed by atoms with Crippen LogP contribution in [0.2, 0.25) is 0 Å². The zero-order chi connectivity index (χ0) is 18.4. The number of nitrogens with zero attached hydrogens (tertiary/aromatic N) is 4. The minimum absolute atomic E-state index is 0.0237. The van der Waals surface area contributed by atoms with Crippen molar-refractivity contribution < 1.29 is 13.7 Å². The number of hydrogen-bond donors (Lipinski definition) is 2. The second-order valence-corrected chi connectivity index (χ2v) is 6.24. The molecule has 1 saturated carbocycles. The Morgan fingerprint density at radius 2 is 1.88 bits per heavy atom. The molecule has 1 aromatic carbocycles. The molecule has 1 aromatic rings. The van der Waals surface area contributed by atoms with Crippen LogP contribution in [0.5, 0.6) is 0 Å². The molecule has 0 unspecified atom stereocenters. The van der Waals surface area contributed by atoms with Crippen molar-refractivity contribution in [2.24, 2.45) is 21.5 Å². The maximum atomic E-state index is 14.8. The highest BCUT2D eigenvalue weighted by Gasteiger charge is 2.44. The van der Waals surface area contributed by atoms with Crippen LogP contribution in [0.4, 0.5) is 20.2 Å². The summed E-state index contributed by atoms with van der Waals surface area (Å²) in [6, 6.07) is 0.841. The van der Waals surface area contributed by atoms with Gasteiger partial charge in [-0.2, -0.15) is 9.38 Å². The summed E-state index contributed by atoms with van der Waals surface area (Å²) in [6.07, 6.45) is 3.67. The largest absolute Gasteiger partial charge is 0.369 e. The zero-order valence-electron chi connectivity index (χ0n) is 13.6. The van der Waals surface area contributed by atoms with Crippen LogP contribution in [0.1, 0.15) is 37.7 Å². The summed E-state index contributed by atoms with van der Waals surface area (Å²) >= 11 is 0. The summed E-state index contributed by atoms with van der Waals surface area (Å²) in [5.41, 5.74) is 9.25. The minimum Gasteiger partial charge on any atom is -0.369 e. The molecule has 4 N–H and O–H groups in total. The number of hydrogen-bond acceptors (Lipinski definition) is 7. The van der Waals surface area contributed by atoms with Crippen LogP contribution in [0.25, 0.3) is 0 Å². The summed E-state index contributed by atoms with van der Waals surface area (Å²) in [4.78, 5) is 19.8. The second-order valence-electron chi connectivity index (χ2n) is 6.24. The van der Waals surface area contributed by atoms with Crippen molar-refractivity contribution in [1.29, 1.82) is 0 Å². The molecule has 1 fully saturated rings. The molecule has 134 valence electrons. The number of nitro benzene ring substituents is 1. The molecule has 0 radical (unpaired) electrons. The number of nitrogens with two attached hydrogens (primary N) is 2. The molecule has 10 heteroatoms. The molecule has 0 amide bonds. The van der Waals surface area contributed by atoms with E-state index in [1.807, 2.05) is 0 Å². The maximum Gasteiger partial charge on any atom is 0.307 e. The van der Waals surface area contributed by atoms with E-state index in [0.717, 1.165) is 32.3 Å². The maximum absolute atomic E-state index is 14.8. The number of anilines is 1. The third-order valence-electron chi connectivity index (χ3n) is 4.67. The van der Waals surface area contributed by atoms with Crippen molar-refractivity contribution in [1.82, 2.24) is 0 Å². The molecule has 1 spiro atoms. The average Bonchev–Trinajstić information content (AvgIpc) is 2.54. The number of halogens is 2. The van der Waals surface area contributed by atoms with E-state index in [4.69, 9.17) is 11.5 Å². The normalized spacial score (nSPS) is 19.6. The van der Waals surface area contributed by atoms with Gasteiger partial charge >= 0.3 is 5.69 Å². The number of rotatable bonds is 2. The lowest BCUT2D eigenvalue weighted by molar-refractivity contribution is -0.387. The van der Waals surface area contributed by atoms with Gasteiger partial charge in [0.25, 0.3) is 0 Å². The van der Waals surface area contributed by atoms with Crippen LogP contribution in [0.15, 0.2) is 16.1 Å². The van der Waals surface area contributed by atoms with E-state index in [1.165, 1.54) is 4.90 Å². The highest BCUT2D eigenvalue weighted by atomic mass is 19.1. The fourth-order valence-corrected chi connectivity index (χ4v) is 3.50. The van der Waals surface area contributed by atoms with Gasteiger partial charge in [-0.25, -0.2) is 9.38 Å². The van der Waals surface area contributed by atoms with E-state index in [2.05, 4.69) is 9.98 Å². The van der Waals surface area contributed by atoms with Gasteiger partial charge in [0.15, 0.2) is 5.82 Å². The van der Waals surface area contributed by atoms with E-state index in [0.29, 0.717) is 12.8 Å².